The van der Waals surface area contributed by atoms with E-state index in [1.54, 1.807) is 0 Å². The summed E-state index contributed by atoms with van der Waals surface area (Å²) in [7, 11) is 0. The quantitative estimate of drug-likeness (QED) is 0.272. The molecule has 30 heavy (non-hydrogen) atoms. The number of rotatable bonds is 4. The van der Waals surface area contributed by atoms with Gasteiger partial charge in [-0.25, -0.2) is 4.98 Å². The van der Waals surface area contributed by atoms with E-state index in [1.165, 1.54) is 4.98 Å². The molecule has 0 bridgehead atoms. The average Bonchev–Trinajstić information content (AvgIpc) is 3.22. The summed E-state index contributed by atoms with van der Waals surface area (Å²) in [4.78, 5) is 34.7. The molecule has 4 heterocycles. The molecular weight excluding hydrogens is 414 g/mol. The molecule has 1 fully saturated rings. The Hall–Kier alpha value is -3.56. The molecule has 7 N–H and O–H groups in total. The lowest BCUT2D eigenvalue weighted by atomic mass is 10.1. The number of pyridine rings is 1. The van der Waals surface area contributed by atoms with Crippen LogP contribution >= 0.6 is 0 Å². The van der Waals surface area contributed by atoms with E-state index in [9.17, 15) is 33.7 Å². The fourth-order valence-electron chi connectivity index (χ4n) is 3.04. The Kier molecular flexibility index (Phi) is 4.64. The number of imidazole rings is 1. The summed E-state index contributed by atoms with van der Waals surface area (Å²) in [6.07, 6.45) is -4.64. The number of aliphatic hydroxyl groups is 2. The number of aromatic nitrogens is 5. The van der Waals surface area contributed by atoms with Crippen LogP contribution in [0.1, 0.15) is 6.23 Å². The van der Waals surface area contributed by atoms with Crippen molar-refractivity contribution in [1.82, 2.24) is 24.5 Å². The Morgan fingerprint density at radius 1 is 1.20 bits per heavy atom. The first kappa shape index (κ1) is 19.7. The van der Waals surface area contributed by atoms with E-state index in [1.807, 2.05) is 0 Å². The van der Waals surface area contributed by atoms with Crippen molar-refractivity contribution in [3.05, 3.63) is 38.7 Å². The lowest BCUT2D eigenvalue weighted by Crippen LogP contribution is -2.35. The molecule has 4 atom stereocenters. The number of nitrogens with zero attached hydrogens (tertiary/aromatic N) is 3. The van der Waals surface area contributed by atoms with Gasteiger partial charge in [-0.15, -0.1) is 0 Å². The molecule has 0 aromatic carbocycles. The highest BCUT2D eigenvalue weighted by Crippen LogP contribution is 2.32. The van der Waals surface area contributed by atoms with Gasteiger partial charge in [0, 0.05) is 0 Å². The van der Waals surface area contributed by atoms with Crippen LogP contribution in [0.4, 0.5) is 14.7 Å². The van der Waals surface area contributed by atoms with Crippen molar-refractivity contribution >= 4 is 17.1 Å². The Labute approximate surface area is 163 Å². The summed E-state index contributed by atoms with van der Waals surface area (Å²) in [5.41, 5.74) is 3.31. The number of H-pyrrole nitrogens is 2. The standard InChI is InChI=1S/C15H14F2N6O7/c16-4-9(5(17)12(27)21-11(4)26)29-1-3-7(24)8(25)14(30-3)23-2-19-6-10(23)20-15(18)22-13(6)28/h2-3,7-8,14,24-25H,1H2,(H2,21,26,27)(H3,18,20,22,28)/t3-,7-,8-,14-/m1/s1. The minimum Gasteiger partial charge on any atom is -0.492 e. The minimum atomic E-state index is -1.63. The summed E-state index contributed by atoms with van der Waals surface area (Å²) in [5, 5.41) is 29.8. The topological polar surface area (TPSA) is 202 Å². The monoisotopic (exact) mass is 428 g/mol. The predicted octanol–water partition coefficient (Wildman–Crippen LogP) is -1.93. The summed E-state index contributed by atoms with van der Waals surface area (Å²) in [6, 6.07) is 0. The van der Waals surface area contributed by atoms with Crippen LogP contribution in [-0.2, 0) is 4.74 Å². The van der Waals surface area contributed by atoms with Crippen molar-refractivity contribution in [3.8, 4) is 11.6 Å². The summed E-state index contributed by atoms with van der Waals surface area (Å²) in [6.45, 7) is -0.700. The van der Waals surface area contributed by atoms with E-state index in [0.717, 1.165) is 10.9 Å². The van der Waals surface area contributed by atoms with Crippen molar-refractivity contribution in [3.63, 3.8) is 0 Å². The predicted molar refractivity (Wildman–Crippen MR) is 92.6 cm³/mol. The molecule has 0 saturated carbocycles. The molecule has 15 heteroatoms. The van der Waals surface area contributed by atoms with Gasteiger partial charge in [-0.05, 0) is 0 Å². The maximum Gasteiger partial charge on any atom is 0.290 e. The van der Waals surface area contributed by atoms with Crippen LogP contribution in [0, 0.1) is 11.6 Å². The fraction of sp³-hybridized carbons (Fsp3) is 0.333. The molecule has 0 aliphatic carbocycles. The Bertz CT molecular complexity index is 1240. The maximum absolute atomic E-state index is 13.8. The van der Waals surface area contributed by atoms with Crippen molar-refractivity contribution in [1.29, 1.82) is 0 Å². The van der Waals surface area contributed by atoms with Crippen LogP contribution < -0.4 is 21.6 Å². The lowest BCUT2D eigenvalue weighted by molar-refractivity contribution is -0.0482. The van der Waals surface area contributed by atoms with Crippen molar-refractivity contribution in [2.75, 3.05) is 12.3 Å². The molecule has 13 nitrogen and oxygen atoms in total. The molecule has 0 radical (unpaired) electrons. The second-order valence-electron chi connectivity index (χ2n) is 6.39. The molecule has 0 unspecified atom stereocenters. The van der Waals surface area contributed by atoms with Crippen LogP contribution in [0.25, 0.3) is 11.2 Å². The number of nitrogen functional groups attached to an aromatic ring is 1. The van der Waals surface area contributed by atoms with Crippen molar-refractivity contribution < 1.29 is 33.6 Å². The zero-order valence-electron chi connectivity index (χ0n) is 14.7. The van der Waals surface area contributed by atoms with Gasteiger partial charge in [0.05, 0.1) is 6.33 Å². The van der Waals surface area contributed by atoms with E-state index < -0.39 is 65.5 Å². The first-order chi connectivity index (χ1) is 14.2. The van der Waals surface area contributed by atoms with E-state index in [-0.39, 0.29) is 17.1 Å². The van der Waals surface area contributed by atoms with Crippen molar-refractivity contribution in [2.24, 2.45) is 0 Å². The third-order valence-electron chi connectivity index (χ3n) is 4.49. The van der Waals surface area contributed by atoms with Gasteiger partial charge in [0.25, 0.3) is 11.1 Å². The first-order valence-electron chi connectivity index (χ1n) is 8.36. The van der Waals surface area contributed by atoms with Gasteiger partial charge in [-0.2, -0.15) is 13.8 Å². The number of hydrogen-bond donors (Lipinski definition) is 6. The molecular formula is C15H14F2N6O7. The van der Waals surface area contributed by atoms with Gasteiger partial charge in [0.15, 0.2) is 17.4 Å². The van der Waals surface area contributed by atoms with Gasteiger partial charge in [-0.1, -0.05) is 0 Å². The molecule has 3 aromatic rings. The SMILES string of the molecule is Nc1nc2c(ncn2[C@@H]2O[C@H](COc3c(F)c(O)[nH]c(=O)c3F)[C@@H](O)[C@H]2O)c(=O)[nH]1. The van der Waals surface area contributed by atoms with E-state index in [4.69, 9.17) is 15.2 Å². The summed E-state index contributed by atoms with van der Waals surface area (Å²) in [5.74, 6) is -5.83. The van der Waals surface area contributed by atoms with Gasteiger partial charge in [-0.3, -0.25) is 24.1 Å². The number of halogens is 2. The number of aliphatic hydroxyl groups excluding tert-OH is 2. The maximum atomic E-state index is 13.8. The average molecular weight is 428 g/mol. The smallest absolute Gasteiger partial charge is 0.290 e. The molecule has 1 aliphatic rings. The van der Waals surface area contributed by atoms with Crippen LogP contribution in [0.2, 0.25) is 0 Å². The van der Waals surface area contributed by atoms with Gasteiger partial charge < -0.3 is 30.5 Å². The van der Waals surface area contributed by atoms with Gasteiger partial charge in [0.2, 0.25) is 29.2 Å². The number of aromatic amines is 2. The molecule has 3 aromatic heterocycles. The number of ether oxygens (including phenoxy) is 2. The Morgan fingerprint density at radius 3 is 2.67 bits per heavy atom. The second-order valence-corrected chi connectivity index (χ2v) is 6.39. The highest BCUT2D eigenvalue weighted by Gasteiger charge is 2.45. The third-order valence-corrected chi connectivity index (χ3v) is 4.49. The van der Waals surface area contributed by atoms with Crippen LogP contribution in [0.3, 0.4) is 0 Å². The highest BCUT2D eigenvalue weighted by atomic mass is 19.1. The van der Waals surface area contributed by atoms with Crippen LogP contribution in [-0.4, -0.2) is 64.7 Å². The molecule has 4 rings (SSSR count). The van der Waals surface area contributed by atoms with E-state index in [2.05, 4.69) is 15.0 Å². The van der Waals surface area contributed by atoms with E-state index >= 15 is 0 Å². The second kappa shape index (κ2) is 7.05. The zero-order chi connectivity index (χ0) is 21.7. The number of hydrogen-bond acceptors (Lipinski definition) is 10. The number of nitrogens with two attached hydrogens (primary N) is 1. The molecule has 1 saturated heterocycles. The number of nitrogens with one attached hydrogen (secondary N) is 2. The molecule has 1 aliphatic heterocycles. The fourth-order valence-corrected chi connectivity index (χ4v) is 3.04. The summed E-state index contributed by atoms with van der Waals surface area (Å²) >= 11 is 0. The zero-order valence-corrected chi connectivity index (χ0v) is 14.7. The number of anilines is 1. The molecule has 0 amide bonds. The van der Waals surface area contributed by atoms with Crippen molar-refractivity contribution in [2.45, 2.75) is 24.5 Å². The van der Waals surface area contributed by atoms with Gasteiger partial charge in [0.1, 0.15) is 24.9 Å². The Morgan fingerprint density at radius 2 is 1.93 bits per heavy atom. The Balaban J connectivity index is 1.59. The van der Waals surface area contributed by atoms with Gasteiger partial charge >= 0.3 is 0 Å². The minimum absolute atomic E-state index is 0.0364. The first-order valence-corrected chi connectivity index (χ1v) is 8.36. The highest BCUT2D eigenvalue weighted by molar-refractivity contribution is 5.70. The largest absolute Gasteiger partial charge is 0.492 e. The lowest BCUT2D eigenvalue weighted by Gasteiger charge is -2.16. The number of aromatic hydroxyl groups is 1. The third kappa shape index (κ3) is 3.04. The normalized spacial score (nSPS) is 23.9. The summed E-state index contributed by atoms with van der Waals surface area (Å²) < 4.78 is 39.2. The molecule has 0 spiro atoms. The molecule has 160 valence electrons. The van der Waals surface area contributed by atoms with Crippen LogP contribution in [0.5, 0.6) is 11.6 Å². The van der Waals surface area contributed by atoms with Crippen LogP contribution in [0.15, 0.2) is 15.9 Å². The van der Waals surface area contributed by atoms with E-state index in [0.29, 0.717) is 0 Å². The number of fused-ring (bicyclic) bond motifs is 1.